The second kappa shape index (κ2) is 8.33. The van der Waals surface area contributed by atoms with Gasteiger partial charge >= 0.3 is 5.97 Å². The van der Waals surface area contributed by atoms with Crippen LogP contribution in [-0.2, 0) is 9.53 Å². The van der Waals surface area contributed by atoms with Gasteiger partial charge in [-0.25, -0.2) is 9.78 Å². The topological polar surface area (TPSA) is 59.5 Å². The average molecular weight is 409 g/mol. The number of carbonyl (C=O) groups is 2. The van der Waals surface area contributed by atoms with E-state index in [0.717, 1.165) is 41.0 Å². The van der Waals surface area contributed by atoms with Gasteiger partial charge in [0.2, 0.25) is 0 Å². The number of amides is 1. The minimum Gasteiger partial charge on any atom is -0.452 e. The molecule has 2 aromatic heterocycles. The van der Waals surface area contributed by atoms with Gasteiger partial charge in [0.25, 0.3) is 5.91 Å². The number of thiophene rings is 1. The van der Waals surface area contributed by atoms with Crippen molar-refractivity contribution in [1.82, 2.24) is 9.88 Å². The fourth-order valence-corrected chi connectivity index (χ4v) is 4.74. The zero-order valence-electron chi connectivity index (χ0n) is 16.6. The lowest BCUT2D eigenvalue weighted by molar-refractivity contribution is -0.137. The summed E-state index contributed by atoms with van der Waals surface area (Å²) in [6.45, 7) is 5.51. The van der Waals surface area contributed by atoms with Crippen LogP contribution in [0.15, 0.2) is 47.8 Å². The highest BCUT2D eigenvalue weighted by Crippen LogP contribution is 2.28. The van der Waals surface area contributed by atoms with Gasteiger partial charge in [-0.15, -0.1) is 11.3 Å². The second-order valence-electron chi connectivity index (χ2n) is 7.87. The summed E-state index contributed by atoms with van der Waals surface area (Å²) in [4.78, 5) is 32.9. The molecule has 29 heavy (non-hydrogen) atoms. The second-order valence-corrected chi connectivity index (χ2v) is 8.82. The number of pyridine rings is 1. The van der Waals surface area contributed by atoms with Crippen LogP contribution < -0.4 is 0 Å². The van der Waals surface area contributed by atoms with Crippen molar-refractivity contribution in [2.75, 3.05) is 19.7 Å². The Morgan fingerprint density at radius 1 is 1.14 bits per heavy atom. The molecule has 0 aliphatic carbocycles. The number of carbonyl (C=O) groups excluding carboxylic acids is 2. The van der Waals surface area contributed by atoms with Crippen LogP contribution in [0.3, 0.4) is 0 Å². The van der Waals surface area contributed by atoms with Crippen molar-refractivity contribution in [1.29, 1.82) is 0 Å². The Bertz CT molecular complexity index is 1020. The van der Waals surface area contributed by atoms with Crippen LogP contribution in [0.2, 0.25) is 0 Å². The first-order valence-electron chi connectivity index (χ1n) is 9.90. The summed E-state index contributed by atoms with van der Waals surface area (Å²) >= 11 is 1.57. The van der Waals surface area contributed by atoms with E-state index in [1.54, 1.807) is 17.4 Å². The van der Waals surface area contributed by atoms with Crippen molar-refractivity contribution in [3.8, 4) is 10.6 Å². The Hall–Kier alpha value is -2.73. The number of nitrogens with zero attached hydrogens (tertiary/aromatic N) is 2. The molecule has 1 aliphatic rings. The van der Waals surface area contributed by atoms with Crippen molar-refractivity contribution >= 4 is 34.1 Å². The van der Waals surface area contributed by atoms with Gasteiger partial charge in [-0.3, -0.25) is 4.79 Å². The van der Waals surface area contributed by atoms with E-state index in [0.29, 0.717) is 17.4 Å². The molecule has 0 saturated carbocycles. The fraction of sp³-hybridized carbons (Fsp3) is 0.348. The van der Waals surface area contributed by atoms with Crippen LogP contribution in [0, 0.1) is 11.8 Å². The van der Waals surface area contributed by atoms with Gasteiger partial charge in [0, 0.05) is 18.5 Å². The van der Waals surface area contributed by atoms with Crippen LogP contribution in [0.5, 0.6) is 0 Å². The van der Waals surface area contributed by atoms with E-state index in [1.807, 2.05) is 46.7 Å². The number of para-hydroxylation sites is 1. The third-order valence-corrected chi connectivity index (χ3v) is 6.15. The summed E-state index contributed by atoms with van der Waals surface area (Å²) in [5, 5.41) is 2.70. The largest absolute Gasteiger partial charge is 0.452 e. The van der Waals surface area contributed by atoms with E-state index < -0.39 is 5.97 Å². The van der Waals surface area contributed by atoms with Crippen molar-refractivity contribution in [3.05, 3.63) is 53.4 Å². The molecular weight excluding hydrogens is 384 g/mol. The lowest BCUT2D eigenvalue weighted by atomic mass is 9.92. The van der Waals surface area contributed by atoms with E-state index >= 15 is 0 Å². The monoisotopic (exact) mass is 408 g/mol. The first-order chi connectivity index (χ1) is 14.0. The van der Waals surface area contributed by atoms with Crippen molar-refractivity contribution in [2.24, 2.45) is 11.8 Å². The van der Waals surface area contributed by atoms with Gasteiger partial charge < -0.3 is 9.64 Å². The van der Waals surface area contributed by atoms with Crippen molar-refractivity contribution < 1.29 is 14.3 Å². The molecule has 1 saturated heterocycles. The third kappa shape index (κ3) is 4.32. The predicted octanol–water partition coefficient (Wildman–Crippen LogP) is 4.62. The smallest absolute Gasteiger partial charge is 0.339 e. The lowest BCUT2D eigenvalue weighted by Gasteiger charge is -2.34. The van der Waals surface area contributed by atoms with E-state index in [-0.39, 0.29) is 12.5 Å². The number of rotatable bonds is 4. The number of aromatic nitrogens is 1. The summed E-state index contributed by atoms with van der Waals surface area (Å²) < 4.78 is 5.44. The van der Waals surface area contributed by atoms with Crippen molar-refractivity contribution in [2.45, 2.75) is 20.3 Å². The lowest BCUT2D eigenvalue weighted by Crippen LogP contribution is -2.44. The number of benzene rings is 1. The molecule has 6 heteroatoms. The number of likely N-dealkylation sites (tertiary alicyclic amines) is 1. The van der Waals surface area contributed by atoms with Gasteiger partial charge in [-0.2, -0.15) is 0 Å². The summed E-state index contributed by atoms with van der Waals surface area (Å²) in [5.41, 5.74) is 1.90. The molecule has 1 aliphatic heterocycles. The first-order valence-corrected chi connectivity index (χ1v) is 10.8. The Labute approximate surface area is 174 Å². The molecule has 0 N–H and O–H groups in total. The SMILES string of the molecule is C[C@@H]1C[C@H](C)CN(C(=O)COC(=O)c2cc(-c3cccs3)nc3ccccc23)C1. The number of ether oxygens (including phenoxy) is 1. The maximum absolute atomic E-state index is 12.9. The Kier molecular flexibility index (Phi) is 5.62. The van der Waals surface area contributed by atoms with Gasteiger partial charge in [-0.1, -0.05) is 38.1 Å². The standard InChI is InChI=1S/C23H24N2O3S/c1-15-10-16(2)13-25(12-15)22(26)14-28-23(27)18-11-20(21-8-5-9-29-21)24-19-7-4-3-6-17(18)19/h3-9,11,15-16H,10,12-14H2,1-2H3/t15-,16+. The predicted molar refractivity (Wildman–Crippen MR) is 115 cm³/mol. The summed E-state index contributed by atoms with van der Waals surface area (Å²) in [7, 11) is 0. The quantitative estimate of drug-likeness (QED) is 0.591. The molecule has 0 radical (unpaired) electrons. The van der Waals surface area contributed by atoms with Crippen molar-refractivity contribution in [3.63, 3.8) is 0 Å². The van der Waals surface area contributed by atoms with Gasteiger partial charge in [0.1, 0.15) is 0 Å². The minimum absolute atomic E-state index is 0.131. The van der Waals surface area contributed by atoms with Gasteiger partial charge in [0.15, 0.2) is 6.61 Å². The maximum atomic E-state index is 12.9. The van der Waals surface area contributed by atoms with Crippen LogP contribution >= 0.6 is 11.3 Å². The van der Waals surface area contributed by atoms with E-state index in [2.05, 4.69) is 18.8 Å². The molecule has 3 heterocycles. The highest BCUT2D eigenvalue weighted by Gasteiger charge is 2.26. The Morgan fingerprint density at radius 3 is 2.62 bits per heavy atom. The van der Waals surface area contributed by atoms with Crippen LogP contribution in [-0.4, -0.2) is 41.5 Å². The highest BCUT2D eigenvalue weighted by atomic mass is 32.1. The van der Waals surface area contributed by atoms with Crippen LogP contribution in [0.4, 0.5) is 0 Å². The van der Waals surface area contributed by atoms with Crippen LogP contribution in [0.1, 0.15) is 30.6 Å². The number of hydrogen-bond acceptors (Lipinski definition) is 5. The zero-order chi connectivity index (χ0) is 20.4. The molecule has 0 spiro atoms. The zero-order valence-corrected chi connectivity index (χ0v) is 17.4. The first kappa shape index (κ1) is 19.6. The molecule has 1 fully saturated rings. The van der Waals surface area contributed by atoms with E-state index in [9.17, 15) is 9.59 Å². The summed E-state index contributed by atoms with van der Waals surface area (Å²) in [6.07, 6.45) is 1.12. The number of piperidine rings is 1. The average Bonchev–Trinajstić information content (AvgIpc) is 3.25. The molecular formula is C23H24N2O3S. The Morgan fingerprint density at radius 2 is 1.90 bits per heavy atom. The molecule has 0 bridgehead atoms. The number of hydrogen-bond donors (Lipinski definition) is 0. The maximum Gasteiger partial charge on any atom is 0.339 e. The highest BCUT2D eigenvalue weighted by molar-refractivity contribution is 7.13. The summed E-state index contributed by atoms with van der Waals surface area (Å²) in [5.74, 6) is 0.313. The third-order valence-electron chi connectivity index (χ3n) is 5.26. The van der Waals surface area contributed by atoms with E-state index in [1.165, 1.54) is 0 Å². The normalized spacial score (nSPS) is 19.3. The molecule has 2 atom stereocenters. The molecule has 4 rings (SSSR count). The number of esters is 1. The Balaban J connectivity index is 1.54. The minimum atomic E-state index is -0.493. The summed E-state index contributed by atoms with van der Waals surface area (Å²) in [6, 6.07) is 13.2. The molecule has 1 aromatic carbocycles. The van der Waals surface area contributed by atoms with Gasteiger partial charge in [-0.05, 0) is 41.8 Å². The molecule has 1 amide bonds. The van der Waals surface area contributed by atoms with Crippen LogP contribution in [0.25, 0.3) is 21.5 Å². The molecule has 3 aromatic rings. The number of fused-ring (bicyclic) bond motifs is 1. The van der Waals surface area contributed by atoms with Gasteiger partial charge in [0.05, 0.1) is 21.7 Å². The molecule has 0 unspecified atom stereocenters. The van der Waals surface area contributed by atoms with E-state index in [4.69, 9.17) is 4.74 Å². The fourth-order valence-electron chi connectivity index (χ4n) is 4.06. The molecule has 150 valence electrons. The molecule has 5 nitrogen and oxygen atoms in total.